The molecule has 0 aromatic heterocycles. The molecule has 0 aromatic carbocycles. The lowest BCUT2D eigenvalue weighted by Gasteiger charge is -2.39. The lowest BCUT2D eigenvalue weighted by atomic mass is 9.75. The Morgan fingerprint density at radius 2 is 1.88 bits per heavy atom. The van der Waals surface area contributed by atoms with E-state index in [1.54, 1.807) is 0 Å². The van der Waals surface area contributed by atoms with Crippen molar-refractivity contribution in [3.8, 4) is 0 Å². The molecule has 1 fully saturated rings. The van der Waals surface area contributed by atoms with Gasteiger partial charge in [-0.2, -0.15) is 0 Å². The highest BCUT2D eigenvalue weighted by atomic mass is 16.5. The summed E-state index contributed by atoms with van der Waals surface area (Å²) in [5.74, 6) is 0.822. The van der Waals surface area contributed by atoms with Crippen LogP contribution in [0, 0.1) is 11.3 Å². The third kappa shape index (κ3) is 5.36. The summed E-state index contributed by atoms with van der Waals surface area (Å²) in [5.41, 5.74) is 0.427. The van der Waals surface area contributed by atoms with E-state index in [0.717, 1.165) is 25.6 Å². The van der Waals surface area contributed by atoms with Crippen LogP contribution in [0.15, 0.2) is 0 Å². The molecule has 0 aromatic rings. The molecule has 1 unspecified atom stereocenters. The zero-order valence-corrected chi connectivity index (χ0v) is 11.9. The van der Waals surface area contributed by atoms with Crippen molar-refractivity contribution in [1.29, 1.82) is 0 Å². The van der Waals surface area contributed by atoms with Gasteiger partial charge in [-0.1, -0.05) is 20.8 Å². The van der Waals surface area contributed by atoms with Crippen LogP contribution < -0.4 is 0 Å². The molecule has 1 atom stereocenters. The molecule has 1 aliphatic heterocycles. The van der Waals surface area contributed by atoms with Crippen LogP contribution in [-0.2, 0) is 4.74 Å². The number of nitrogens with zero attached hydrogens (tertiary/aromatic N) is 1. The van der Waals surface area contributed by atoms with Crippen LogP contribution in [0.1, 0.15) is 40.5 Å². The number of β-amino-alcohol motifs (C(OH)–C–C–N with tert-alkyl or cyclic N) is 1. The molecular weight excluding hydrogens is 214 g/mol. The van der Waals surface area contributed by atoms with E-state index >= 15 is 0 Å². The van der Waals surface area contributed by atoms with Gasteiger partial charge >= 0.3 is 0 Å². The highest BCUT2D eigenvalue weighted by Gasteiger charge is 2.29. The van der Waals surface area contributed by atoms with Crippen molar-refractivity contribution in [2.75, 3.05) is 32.8 Å². The van der Waals surface area contributed by atoms with E-state index in [9.17, 15) is 5.11 Å². The average Bonchev–Trinajstić information content (AvgIpc) is 2.26. The molecule has 1 saturated heterocycles. The molecule has 0 aliphatic carbocycles. The fourth-order valence-electron chi connectivity index (χ4n) is 2.59. The molecule has 102 valence electrons. The molecular formula is C14H29NO2. The van der Waals surface area contributed by atoms with E-state index in [-0.39, 0.29) is 6.10 Å². The molecule has 17 heavy (non-hydrogen) atoms. The van der Waals surface area contributed by atoms with Gasteiger partial charge in [0, 0.05) is 13.2 Å². The Morgan fingerprint density at radius 1 is 1.29 bits per heavy atom. The summed E-state index contributed by atoms with van der Waals surface area (Å²) in [6.07, 6.45) is 2.18. The maximum atomic E-state index is 9.79. The van der Waals surface area contributed by atoms with Gasteiger partial charge in [0.25, 0.3) is 0 Å². The second-order valence-corrected chi connectivity index (χ2v) is 6.25. The fraction of sp³-hybridized carbons (Fsp3) is 1.00. The highest BCUT2D eigenvalue weighted by Crippen LogP contribution is 2.34. The predicted octanol–water partition coefficient (Wildman–Crippen LogP) is 2.14. The Kier molecular flexibility index (Phi) is 5.90. The third-order valence-electron chi connectivity index (χ3n) is 3.80. The minimum atomic E-state index is -0.332. The third-order valence-corrected chi connectivity index (χ3v) is 3.80. The van der Waals surface area contributed by atoms with Crippen LogP contribution in [0.5, 0.6) is 0 Å². The molecule has 3 nitrogen and oxygen atoms in total. The average molecular weight is 243 g/mol. The standard InChI is InChI=1S/C14H29NO2/c1-5-17-11-13(16)10-15-8-6-12(7-9-15)14(2,3)4/h12-13,16H,5-11H2,1-4H3. The van der Waals surface area contributed by atoms with Crippen molar-refractivity contribution in [3.63, 3.8) is 0 Å². The summed E-state index contributed by atoms with van der Waals surface area (Å²) < 4.78 is 5.24. The van der Waals surface area contributed by atoms with Crippen molar-refractivity contribution in [3.05, 3.63) is 0 Å². The van der Waals surface area contributed by atoms with Crippen molar-refractivity contribution in [2.45, 2.75) is 46.6 Å². The van der Waals surface area contributed by atoms with E-state index in [1.807, 2.05) is 6.92 Å². The number of piperidine rings is 1. The first-order valence-corrected chi connectivity index (χ1v) is 6.91. The van der Waals surface area contributed by atoms with Gasteiger partial charge in [-0.15, -0.1) is 0 Å². The number of hydrogen-bond acceptors (Lipinski definition) is 3. The minimum absolute atomic E-state index is 0.332. The van der Waals surface area contributed by atoms with E-state index in [2.05, 4.69) is 25.7 Å². The maximum Gasteiger partial charge on any atom is 0.0900 e. The molecule has 1 aliphatic rings. The smallest absolute Gasteiger partial charge is 0.0900 e. The molecule has 1 rings (SSSR count). The Hall–Kier alpha value is -0.120. The summed E-state index contributed by atoms with van der Waals surface area (Å²) >= 11 is 0. The maximum absolute atomic E-state index is 9.79. The van der Waals surface area contributed by atoms with E-state index in [4.69, 9.17) is 4.74 Å². The van der Waals surface area contributed by atoms with E-state index in [0.29, 0.717) is 18.6 Å². The summed E-state index contributed by atoms with van der Waals surface area (Å²) in [5, 5.41) is 9.79. The SMILES string of the molecule is CCOCC(O)CN1CCC(C(C)(C)C)CC1. The monoisotopic (exact) mass is 243 g/mol. The molecule has 0 spiro atoms. The molecule has 1 N–H and O–H groups in total. The van der Waals surface area contributed by atoms with Gasteiger partial charge in [0.15, 0.2) is 0 Å². The summed E-state index contributed by atoms with van der Waals surface area (Å²) in [6.45, 7) is 13.1. The van der Waals surface area contributed by atoms with E-state index in [1.165, 1.54) is 12.8 Å². The van der Waals surface area contributed by atoms with Crippen molar-refractivity contribution < 1.29 is 9.84 Å². The van der Waals surface area contributed by atoms with Gasteiger partial charge in [0.1, 0.15) is 0 Å². The second-order valence-electron chi connectivity index (χ2n) is 6.25. The molecule has 1 heterocycles. The number of likely N-dealkylation sites (tertiary alicyclic amines) is 1. The number of hydrogen-bond donors (Lipinski definition) is 1. The van der Waals surface area contributed by atoms with Gasteiger partial charge < -0.3 is 14.7 Å². The Balaban J connectivity index is 2.23. The quantitative estimate of drug-likeness (QED) is 0.803. The van der Waals surface area contributed by atoms with Gasteiger partial charge in [0.05, 0.1) is 12.7 Å². The molecule has 3 heteroatoms. The van der Waals surface area contributed by atoms with Gasteiger partial charge in [-0.05, 0) is 44.2 Å². The first-order chi connectivity index (χ1) is 7.93. The van der Waals surface area contributed by atoms with Crippen LogP contribution in [0.4, 0.5) is 0 Å². The summed E-state index contributed by atoms with van der Waals surface area (Å²) in [4.78, 5) is 2.37. The summed E-state index contributed by atoms with van der Waals surface area (Å²) in [6, 6.07) is 0. The zero-order chi connectivity index (χ0) is 12.9. The Labute approximate surface area is 106 Å². The molecule has 0 saturated carbocycles. The Morgan fingerprint density at radius 3 is 2.35 bits per heavy atom. The molecule has 0 amide bonds. The second kappa shape index (κ2) is 6.72. The zero-order valence-electron chi connectivity index (χ0n) is 11.9. The van der Waals surface area contributed by atoms with Crippen LogP contribution in [-0.4, -0.2) is 49.0 Å². The van der Waals surface area contributed by atoms with Crippen molar-refractivity contribution >= 4 is 0 Å². The predicted molar refractivity (Wildman–Crippen MR) is 71.1 cm³/mol. The molecule has 0 bridgehead atoms. The Bertz CT molecular complexity index is 205. The van der Waals surface area contributed by atoms with Crippen LogP contribution in [0.25, 0.3) is 0 Å². The van der Waals surface area contributed by atoms with Gasteiger partial charge in [0.2, 0.25) is 0 Å². The number of ether oxygens (including phenoxy) is 1. The number of rotatable bonds is 5. The normalized spacial score (nSPS) is 21.7. The lowest BCUT2D eigenvalue weighted by molar-refractivity contribution is 0.00921. The number of aliphatic hydroxyl groups excluding tert-OH is 1. The highest BCUT2D eigenvalue weighted by molar-refractivity contribution is 4.81. The van der Waals surface area contributed by atoms with Gasteiger partial charge in [-0.3, -0.25) is 0 Å². The van der Waals surface area contributed by atoms with Crippen LogP contribution in [0.3, 0.4) is 0 Å². The van der Waals surface area contributed by atoms with Crippen molar-refractivity contribution in [2.24, 2.45) is 11.3 Å². The number of aliphatic hydroxyl groups is 1. The fourth-order valence-corrected chi connectivity index (χ4v) is 2.59. The first kappa shape index (κ1) is 14.9. The first-order valence-electron chi connectivity index (χ1n) is 6.91. The van der Waals surface area contributed by atoms with Crippen LogP contribution in [0.2, 0.25) is 0 Å². The van der Waals surface area contributed by atoms with E-state index < -0.39 is 0 Å². The largest absolute Gasteiger partial charge is 0.389 e. The molecule has 0 radical (unpaired) electrons. The lowest BCUT2D eigenvalue weighted by Crippen LogP contribution is -2.42. The van der Waals surface area contributed by atoms with Crippen molar-refractivity contribution in [1.82, 2.24) is 4.90 Å². The summed E-state index contributed by atoms with van der Waals surface area (Å²) in [7, 11) is 0. The minimum Gasteiger partial charge on any atom is -0.389 e. The van der Waals surface area contributed by atoms with Crippen LogP contribution >= 0.6 is 0 Å². The van der Waals surface area contributed by atoms with Gasteiger partial charge in [-0.25, -0.2) is 0 Å². The topological polar surface area (TPSA) is 32.7 Å².